The molecule has 3 unspecified atom stereocenters. The predicted molar refractivity (Wildman–Crippen MR) is 55.6 cm³/mol. The molecule has 1 fully saturated rings. The number of piperidine rings is 1. The van der Waals surface area contributed by atoms with Crippen molar-refractivity contribution in [1.29, 1.82) is 0 Å². The molecular formula is C11H21NO. The van der Waals surface area contributed by atoms with Crippen molar-refractivity contribution in [2.75, 3.05) is 6.54 Å². The van der Waals surface area contributed by atoms with Crippen LogP contribution in [0.4, 0.5) is 0 Å². The summed E-state index contributed by atoms with van der Waals surface area (Å²) in [6.45, 7) is 11.1. The lowest BCUT2D eigenvalue weighted by Gasteiger charge is -2.36. The van der Waals surface area contributed by atoms with Gasteiger partial charge in [-0.1, -0.05) is 26.0 Å². The molecule has 3 atom stereocenters. The molecule has 0 spiro atoms. The molecule has 0 saturated carbocycles. The highest BCUT2D eigenvalue weighted by molar-refractivity contribution is 5.03. The Morgan fingerprint density at radius 3 is 2.54 bits per heavy atom. The minimum Gasteiger partial charge on any atom is -0.392 e. The number of rotatable bonds is 2. The third kappa shape index (κ3) is 2.55. The third-order valence-corrected chi connectivity index (χ3v) is 3.00. The van der Waals surface area contributed by atoms with Gasteiger partial charge >= 0.3 is 0 Å². The van der Waals surface area contributed by atoms with Gasteiger partial charge < -0.3 is 10.4 Å². The molecule has 0 aromatic heterocycles. The van der Waals surface area contributed by atoms with E-state index in [9.17, 15) is 5.11 Å². The molecular weight excluding hydrogens is 162 g/mol. The summed E-state index contributed by atoms with van der Waals surface area (Å²) in [7, 11) is 0. The molecule has 1 aliphatic heterocycles. The van der Waals surface area contributed by atoms with Crippen molar-refractivity contribution in [3.05, 3.63) is 12.2 Å². The standard InChI is InChI=1S/C11H21NO/c1-7(2)9-6-12-10(8(3)4)5-11(9)13/h8-13H,1,5-6H2,2-4H3. The van der Waals surface area contributed by atoms with E-state index in [0.717, 1.165) is 18.5 Å². The van der Waals surface area contributed by atoms with Crippen molar-refractivity contribution in [1.82, 2.24) is 5.32 Å². The van der Waals surface area contributed by atoms with Crippen LogP contribution in [0.15, 0.2) is 12.2 Å². The zero-order chi connectivity index (χ0) is 10.0. The molecule has 0 amide bonds. The molecule has 0 bridgehead atoms. The van der Waals surface area contributed by atoms with Crippen molar-refractivity contribution in [2.45, 2.75) is 39.3 Å². The summed E-state index contributed by atoms with van der Waals surface area (Å²) < 4.78 is 0. The van der Waals surface area contributed by atoms with Gasteiger partial charge in [-0.25, -0.2) is 0 Å². The molecule has 0 aliphatic carbocycles. The fourth-order valence-corrected chi connectivity index (χ4v) is 1.93. The van der Waals surface area contributed by atoms with Gasteiger partial charge in [0.25, 0.3) is 0 Å². The Morgan fingerprint density at radius 2 is 2.15 bits per heavy atom. The Morgan fingerprint density at radius 1 is 1.54 bits per heavy atom. The Bertz CT molecular complexity index is 189. The van der Waals surface area contributed by atoms with E-state index in [1.165, 1.54) is 0 Å². The minimum absolute atomic E-state index is 0.203. The monoisotopic (exact) mass is 183 g/mol. The van der Waals surface area contributed by atoms with Crippen LogP contribution in [0.3, 0.4) is 0 Å². The van der Waals surface area contributed by atoms with E-state index >= 15 is 0 Å². The topological polar surface area (TPSA) is 32.3 Å². The molecule has 0 radical (unpaired) electrons. The van der Waals surface area contributed by atoms with Crippen LogP contribution >= 0.6 is 0 Å². The molecule has 2 nitrogen and oxygen atoms in total. The molecule has 2 heteroatoms. The molecule has 1 rings (SSSR count). The molecule has 13 heavy (non-hydrogen) atoms. The molecule has 1 saturated heterocycles. The highest BCUT2D eigenvalue weighted by Crippen LogP contribution is 2.23. The van der Waals surface area contributed by atoms with Gasteiger partial charge in [-0.15, -0.1) is 0 Å². The van der Waals surface area contributed by atoms with Gasteiger partial charge in [0.1, 0.15) is 0 Å². The van der Waals surface area contributed by atoms with E-state index in [1.54, 1.807) is 0 Å². The smallest absolute Gasteiger partial charge is 0.0632 e. The second-order valence-electron chi connectivity index (χ2n) is 4.51. The van der Waals surface area contributed by atoms with E-state index in [0.29, 0.717) is 12.0 Å². The molecule has 0 aromatic carbocycles. The van der Waals surface area contributed by atoms with Gasteiger partial charge in [0.2, 0.25) is 0 Å². The fraction of sp³-hybridized carbons (Fsp3) is 0.818. The van der Waals surface area contributed by atoms with Crippen LogP contribution in [0.1, 0.15) is 27.2 Å². The van der Waals surface area contributed by atoms with Crippen molar-refractivity contribution >= 4 is 0 Å². The number of hydrogen-bond donors (Lipinski definition) is 2. The van der Waals surface area contributed by atoms with Crippen molar-refractivity contribution in [3.63, 3.8) is 0 Å². The maximum Gasteiger partial charge on any atom is 0.0632 e. The zero-order valence-corrected chi connectivity index (χ0v) is 8.88. The van der Waals surface area contributed by atoms with Gasteiger partial charge in [0.15, 0.2) is 0 Å². The van der Waals surface area contributed by atoms with Gasteiger partial charge in [-0.3, -0.25) is 0 Å². The highest BCUT2D eigenvalue weighted by atomic mass is 16.3. The summed E-state index contributed by atoms with van der Waals surface area (Å²) in [6.07, 6.45) is 0.654. The maximum absolute atomic E-state index is 9.86. The summed E-state index contributed by atoms with van der Waals surface area (Å²) in [6, 6.07) is 0.464. The maximum atomic E-state index is 9.86. The van der Waals surface area contributed by atoms with E-state index < -0.39 is 0 Å². The molecule has 76 valence electrons. The number of aliphatic hydroxyl groups is 1. The van der Waals surface area contributed by atoms with Crippen LogP contribution < -0.4 is 5.32 Å². The lowest BCUT2D eigenvalue weighted by molar-refractivity contribution is 0.0670. The summed E-state index contributed by atoms with van der Waals surface area (Å²) in [5.74, 6) is 0.843. The first-order valence-electron chi connectivity index (χ1n) is 5.09. The average Bonchev–Trinajstić information content (AvgIpc) is 2.03. The molecule has 2 N–H and O–H groups in total. The van der Waals surface area contributed by atoms with Crippen molar-refractivity contribution in [2.24, 2.45) is 11.8 Å². The molecule has 1 aliphatic rings. The number of aliphatic hydroxyl groups excluding tert-OH is 1. The third-order valence-electron chi connectivity index (χ3n) is 3.00. The normalized spacial score (nSPS) is 35.0. The van der Waals surface area contributed by atoms with Crippen LogP contribution in [-0.4, -0.2) is 23.8 Å². The van der Waals surface area contributed by atoms with Gasteiger partial charge in [0, 0.05) is 18.5 Å². The lowest BCUT2D eigenvalue weighted by Crippen LogP contribution is -2.49. The average molecular weight is 183 g/mol. The summed E-state index contributed by atoms with van der Waals surface area (Å²) in [5, 5.41) is 13.3. The second kappa shape index (κ2) is 4.25. The Balaban J connectivity index is 2.51. The molecule has 0 aromatic rings. The largest absolute Gasteiger partial charge is 0.392 e. The van der Waals surface area contributed by atoms with Gasteiger partial charge in [0.05, 0.1) is 6.10 Å². The van der Waals surface area contributed by atoms with Crippen LogP contribution in [0.5, 0.6) is 0 Å². The zero-order valence-electron chi connectivity index (χ0n) is 8.88. The summed E-state index contributed by atoms with van der Waals surface area (Å²) in [5.41, 5.74) is 1.09. The van der Waals surface area contributed by atoms with Gasteiger partial charge in [-0.05, 0) is 19.3 Å². The molecule has 1 heterocycles. The Hall–Kier alpha value is -0.340. The summed E-state index contributed by atoms with van der Waals surface area (Å²) in [4.78, 5) is 0. The van der Waals surface area contributed by atoms with Crippen molar-refractivity contribution < 1.29 is 5.11 Å². The van der Waals surface area contributed by atoms with Crippen LogP contribution in [-0.2, 0) is 0 Å². The minimum atomic E-state index is -0.203. The number of hydrogen-bond acceptors (Lipinski definition) is 2. The van der Waals surface area contributed by atoms with E-state index in [2.05, 4.69) is 25.7 Å². The van der Waals surface area contributed by atoms with E-state index in [1.807, 2.05) is 6.92 Å². The van der Waals surface area contributed by atoms with Gasteiger partial charge in [-0.2, -0.15) is 0 Å². The predicted octanol–water partition coefficient (Wildman–Crippen LogP) is 1.56. The fourth-order valence-electron chi connectivity index (χ4n) is 1.93. The number of nitrogens with one attached hydrogen (secondary N) is 1. The Kier molecular flexibility index (Phi) is 3.51. The van der Waals surface area contributed by atoms with E-state index in [-0.39, 0.29) is 12.0 Å². The first-order valence-corrected chi connectivity index (χ1v) is 5.09. The van der Waals surface area contributed by atoms with Crippen molar-refractivity contribution in [3.8, 4) is 0 Å². The first kappa shape index (κ1) is 10.7. The lowest BCUT2D eigenvalue weighted by atomic mass is 9.84. The van der Waals surface area contributed by atoms with Crippen LogP contribution in [0.25, 0.3) is 0 Å². The summed E-state index contributed by atoms with van der Waals surface area (Å²) >= 11 is 0. The SMILES string of the molecule is C=C(C)C1CNC(C(C)C)CC1O. The second-order valence-corrected chi connectivity index (χ2v) is 4.51. The first-order chi connectivity index (χ1) is 6.02. The van der Waals surface area contributed by atoms with E-state index in [4.69, 9.17) is 0 Å². The van der Waals surface area contributed by atoms with Crippen LogP contribution in [0, 0.1) is 11.8 Å². The quantitative estimate of drug-likeness (QED) is 0.637. The van der Waals surface area contributed by atoms with Crippen LogP contribution in [0.2, 0.25) is 0 Å². The highest BCUT2D eigenvalue weighted by Gasteiger charge is 2.30. The Labute approximate surface area is 81.0 Å².